The summed E-state index contributed by atoms with van der Waals surface area (Å²) in [6.07, 6.45) is 8.99. The molecule has 2 N–H and O–H groups in total. The second kappa shape index (κ2) is 5.56. The molecule has 0 radical (unpaired) electrons. The van der Waals surface area contributed by atoms with Crippen LogP contribution in [0.5, 0.6) is 0 Å². The zero-order valence-corrected chi connectivity index (χ0v) is 9.93. The fourth-order valence-corrected chi connectivity index (χ4v) is 3.21. The first-order valence-corrected chi connectivity index (χ1v) is 6.74. The van der Waals surface area contributed by atoms with Crippen molar-refractivity contribution < 1.29 is 0 Å². The van der Waals surface area contributed by atoms with Gasteiger partial charge in [0.15, 0.2) is 0 Å². The highest BCUT2D eigenvalue weighted by molar-refractivity contribution is 7.11. The van der Waals surface area contributed by atoms with Crippen molar-refractivity contribution >= 4 is 11.3 Å². The molecule has 1 saturated carbocycles. The molecule has 4 heteroatoms. The molecular weight excluding hydrogens is 206 g/mol. The summed E-state index contributed by atoms with van der Waals surface area (Å²) in [4.78, 5) is 0. The Hall–Kier alpha value is -0.480. The zero-order valence-electron chi connectivity index (χ0n) is 9.11. The second-order valence-corrected chi connectivity index (χ2v) is 5.35. The molecule has 1 aliphatic carbocycles. The van der Waals surface area contributed by atoms with Gasteiger partial charge in [-0.05, 0) is 19.4 Å². The maximum absolute atomic E-state index is 5.51. The third kappa shape index (κ3) is 2.98. The largest absolute Gasteiger partial charge is 0.330 e. The molecule has 0 saturated heterocycles. The third-order valence-electron chi connectivity index (χ3n) is 3.05. The molecule has 1 aromatic heterocycles. The average Bonchev–Trinajstić information content (AvgIpc) is 2.53. The fourth-order valence-electron chi connectivity index (χ4n) is 2.18. The van der Waals surface area contributed by atoms with Crippen LogP contribution in [0.25, 0.3) is 0 Å². The Morgan fingerprint density at radius 1 is 1.13 bits per heavy atom. The molecule has 0 atom stereocenters. The van der Waals surface area contributed by atoms with Crippen molar-refractivity contribution in [3.8, 4) is 0 Å². The molecular formula is C11H19N3S. The molecule has 0 spiro atoms. The Balaban J connectivity index is 2.00. The number of nitrogens with two attached hydrogens (primary N) is 1. The highest BCUT2D eigenvalue weighted by Gasteiger charge is 2.18. The van der Waals surface area contributed by atoms with Gasteiger partial charge in [-0.25, -0.2) is 0 Å². The number of aromatic nitrogens is 2. The van der Waals surface area contributed by atoms with Crippen LogP contribution >= 0.6 is 11.3 Å². The summed E-state index contributed by atoms with van der Waals surface area (Å²) in [5, 5.41) is 10.9. The van der Waals surface area contributed by atoms with Crippen molar-refractivity contribution in [2.45, 2.75) is 50.9 Å². The van der Waals surface area contributed by atoms with Gasteiger partial charge in [-0.1, -0.05) is 25.7 Å². The first-order chi connectivity index (χ1) is 7.40. The maximum atomic E-state index is 5.51. The van der Waals surface area contributed by atoms with Gasteiger partial charge in [-0.3, -0.25) is 0 Å². The first-order valence-electron chi connectivity index (χ1n) is 5.92. The van der Waals surface area contributed by atoms with Crippen molar-refractivity contribution in [2.75, 3.05) is 6.54 Å². The zero-order chi connectivity index (χ0) is 10.5. The molecule has 84 valence electrons. The first kappa shape index (κ1) is 11.0. The van der Waals surface area contributed by atoms with Crippen molar-refractivity contribution in [3.05, 3.63) is 10.0 Å². The van der Waals surface area contributed by atoms with E-state index < -0.39 is 0 Å². The van der Waals surface area contributed by atoms with E-state index in [1.54, 1.807) is 11.3 Å². The smallest absolute Gasteiger partial charge is 0.120 e. The SMILES string of the molecule is NCCc1nnc(C2CCCCCC2)s1. The lowest BCUT2D eigenvalue weighted by Crippen LogP contribution is -2.01. The molecule has 0 amide bonds. The van der Waals surface area contributed by atoms with E-state index in [4.69, 9.17) is 5.73 Å². The van der Waals surface area contributed by atoms with Gasteiger partial charge in [-0.2, -0.15) is 0 Å². The van der Waals surface area contributed by atoms with Gasteiger partial charge < -0.3 is 5.73 Å². The van der Waals surface area contributed by atoms with Gasteiger partial charge >= 0.3 is 0 Å². The molecule has 1 fully saturated rings. The Bertz CT molecular complexity index is 290. The molecule has 1 aliphatic rings. The highest BCUT2D eigenvalue weighted by atomic mass is 32.1. The summed E-state index contributed by atoms with van der Waals surface area (Å²) in [6, 6.07) is 0. The van der Waals surface area contributed by atoms with Crippen LogP contribution in [0.1, 0.15) is 54.5 Å². The lowest BCUT2D eigenvalue weighted by Gasteiger charge is -2.08. The van der Waals surface area contributed by atoms with E-state index in [1.165, 1.54) is 43.5 Å². The second-order valence-electron chi connectivity index (χ2n) is 4.26. The van der Waals surface area contributed by atoms with E-state index in [-0.39, 0.29) is 0 Å². The predicted molar refractivity (Wildman–Crippen MR) is 63.1 cm³/mol. The van der Waals surface area contributed by atoms with Crippen LogP contribution < -0.4 is 5.73 Å². The van der Waals surface area contributed by atoms with Crippen LogP contribution in [-0.4, -0.2) is 16.7 Å². The summed E-state index contributed by atoms with van der Waals surface area (Å²) >= 11 is 1.77. The van der Waals surface area contributed by atoms with Crippen LogP contribution in [0.2, 0.25) is 0 Å². The molecule has 15 heavy (non-hydrogen) atoms. The number of hydrogen-bond acceptors (Lipinski definition) is 4. The van der Waals surface area contributed by atoms with Crippen molar-refractivity contribution in [1.29, 1.82) is 0 Å². The van der Waals surface area contributed by atoms with Gasteiger partial charge in [0, 0.05) is 12.3 Å². The summed E-state index contributed by atoms with van der Waals surface area (Å²) in [7, 11) is 0. The van der Waals surface area contributed by atoms with Crippen LogP contribution in [0.15, 0.2) is 0 Å². The van der Waals surface area contributed by atoms with E-state index in [1.807, 2.05) is 0 Å². The van der Waals surface area contributed by atoms with Gasteiger partial charge in [0.1, 0.15) is 10.0 Å². The molecule has 1 aromatic rings. The van der Waals surface area contributed by atoms with Gasteiger partial charge in [0.2, 0.25) is 0 Å². The van der Waals surface area contributed by atoms with Crippen LogP contribution in [0, 0.1) is 0 Å². The summed E-state index contributed by atoms with van der Waals surface area (Å²) in [5.74, 6) is 0.677. The average molecular weight is 225 g/mol. The third-order valence-corrected chi connectivity index (χ3v) is 4.19. The van der Waals surface area contributed by atoms with Crippen LogP contribution in [-0.2, 0) is 6.42 Å². The lowest BCUT2D eigenvalue weighted by molar-refractivity contribution is 0.584. The van der Waals surface area contributed by atoms with Gasteiger partial charge in [0.25, 0.3) is 0 Å². The molecule has 2 rings (SSSR count). The minimum absolute atomic E-state index is 0.677. The number of nitrogens with zero attached hydrogens (tertiary/aromatic N) is 2. The number of hydrogen-bond donors (Lipinski definition) is 1. The van der Waals surface area contributed by atoms with E-state index in [9.17, 15) is 0 Å². The molecule has 0 aliphatic heterocycles. The standard InChI is InChI=1S/C11H19N3S/c12-8-7-10-13-14-11(15-10)9-5-3-1-2-4-6-9/h9H,1-8,12H2. The fraction of sp³-hybridized carbons (Fsp3) is 0.818. The molecule has 3 nitrogen and oxygen atoms in total. The Kier molecular flexibility index (Phi) is 4.09. The molecule has 0 unspecified atom stereocenters. The molecule has 0 bridgehead atoms. The van der Waals surface area contributed by atoms with Crippen LogP contribution in [0.3, 0.4) is 0 Å². The van der Waals surface area contributed by atoms with E-state index >= 15 is 0 Å². The Morgan fingerprint density at radius 2 is 1.87 bits per heavy atom. The predicted octanol–water partition coefficient (Wildman–Crippen LogP) is 2.48. The lowest BCUT2D eigenvalue weighted by atomic mass is 10.0. The highest BCUT2D eigenvalue weighted by Crippen LogP contribution is 2.33. The van der Waals surface area contributed by atoms with E-state index in [0.29, 0.717) is 12.5 Å². The summed E-state index contributed by atoms with van der Waals surface area (Å²) in [5.41, 5.74) is 5.51. The minimum Gasteiger partial charge on any atom is -0.330 e. The van der Waals surface area contributed by atoms with Gasteiger partial charge in [-0.15, -0.1) is 21.5 Å². The summed E-state index contributed by atoms with van der Waals surface area (Å²) in [6.45, 7) is 0.680. The van der Waals surface area contributed by atoms with Crippen molar-refractivity contribution in [2.24, 2.45) is 5.73 Å². The molecule has 0 aromatic carbocycles. The van der Waals surface area contributed by atoms with E-state index in [0.717, 1.165) is 11.4 Å². The van der Waals surface area contributed by atoms with E-state index in [2.05, 4.69) is 10.2 Å². The monoisotopic (exact) mass is 225 g/mol. The quantitative estimate of drug-likeness (QED) is 0.804. The van der Waals surface area contributed by atoms with Crippen LogP contribution in [0.4, 0.5) is 0 Å². The topological polar surface area (TPSA) is 51.8 Å². The normalized spacial score (nSPS) is 19.0. The number of rotatable bonds is 3. The van der Waals surface area contributed by atoms with Crippen molar-refractivity contribution in [3.63, 3.8) is 0 Å². The van der Waals surface area contributed by atoms with Crippen molar-refractivity contribution in [1.82, 2.24) is 10.2 Å². The minimum atomic E-state index is 0.677. The Labute approximate surface area is 95.1 Å². The Morgan fingerprint density at radius 3 is 2.53 bits per heavy atom. The summed E-state index contributed by atoms with van der Waals surface area (Å²) < 4.78 is 0. The van der Waals surface area contributed by atoms with Gasteiger partial charge in [0.05, 0.1) is 0 Å². The maximum Gasteiger partial charge on any atom is 0.120 e. The molecule has 1 heterocycles.